The van der Waals surface area contributed by atoms with Crippen molar-refractivity contribution in [3.63, 3.8) is 0 Å². The van der Waals surface area contributed by atoms with Crippen molar-refractivity contribution in [2.24, 2.45) is 0 Å². The van der Waals surface area contributed by atoms with Crippen LogP contribution < -0.4 is 5.32 Å². The predicted octanol–water partition coefficient (Wildman–Crippen LogP) is 3.03. The van der Waals surface area contributed by atoms with Gasteiger partial charge in [-0.15, -0.1) is 0 Å². The second-order valence-electron chi connectivity index (χ2n) is 4.84. The van der Waals surface area contributed by atoms with Crippen molar-refractivity contribution in [1.29, 1.82) is 0 Å². The van der Waals surface area contributed by atoms with Gasteiger partial charge in [0.05, 0.1) is 5.25 Å². The molecule has 2 aromatic carbocycles. The molecule has 1 unspecified atom stereocenters. The van der Waals surface area contributed by atoms with Crippen LogP contribution in [0.1, 0.15) is 11.1 Å². The van der Waals surface area contributed by atoms with E-state index < -0.39 is 5.25 Å². The SMILES string of the molecule is O=C(NCCc1ccccc1F)C(S)Cc1ccccc1. The summed E-state index contributed by atoms with van der Waals surface area (Å²) in [6, 6.07) is 16.3. The van der Waals surface area contributed by atoms with Gasteiger partial charge < -0.3 is 5.32 Å². The lowest BCUT2D eigenvalue weighted by molar-refractivity contribution is -0.120. The van der Waals surface area contributed by atoms with Crippen molar-refractivity contribution in [1.82, 2.24) is 5.32 Å². The first-order valence-electron chi connectivity index (χ1n) is 6.90. The molecule has 0 aliphatic carbocycles. The second kappa shape index (κ2) is 7.84. The maximum Gasteiger partial charge on any atom is 0.233 e. The molecule has 0 heterocycles. The summed E-state index contributed by atoms with van der Waals surface area (Å²) in [6.07, 6.45) is 1.06. The van der Waals surface area contributed by atoms with Gasteiger partial charge in [-0.25, -0.2) is 4.39 Å². The Bertz CT molecular complexity index is 588. The molecule has 21 heavy (non-hydrogen) atoms. The minimum Gasteiger partial charge on any atom is -0.355 e. The molecule has 0 aliphatic heterocycles. The molecule has 4 heteroatoms. The lowest BCUT2D eigenvalue weighted by Crippen LogP contribution is -2.34. The van der Waals surface area contributed by atoms with Crippen LogP contribution in [0.25, 0.3) is 0 Å². The van der Waals surface area contributed by atoms with Crippen LogP contribution in [0.3, 0.4) is 0 Å². The topological polar surface area (TPSA) is 29.1 Å². The highest BCUT2D eigenvalue weighted by Crippen LogP contribution is 2.09. The Morgan fingerprint density at radius 2 is 1.76 bits per heavy atom. The molecular weight excluding hydrogens is 285 g/mol. The Morgan fingerprint density at radius 1 is 1.10 bits per heavy atom. The monoisotopic (exact) mass is 303 g/mol. The van der Waals surface area contributed by atoms with Crippen molar-refractivity contribution in [2.75, 3.05) is 6.54 Å². The average Bonchev–Trinajstić information content (AvgIpc) is 2.50. The molecule has 1 N–H and O–H groups in total. The quantitative estimate of drug-likeness (QED) is 0.789. The maximum absolute atomic E-state index is 13.4. The first kappa shape index (κ1) is 15.6. The zero-order valence-corrected chi connectivity index (χ0v) is 12.5. The number of carbonyl (C=O) groups excluding carboxylic acids is 1. The first-order chi connectivity index (χ1) is 10.2. The highest BCUT2D eigenvalue weighted by atomic mass is 32.1. The molecule has 0 saturated carbocycles. The Balaban J connectivity index is 1.78. The number of hydrogen-bond acceptors (Lipinski definition) is 2. The zero-order chi connectivity index (χ0) is 15.1. The number of hydrogen-bond donors (Lipinski definition) is 2. The van der Waals surface area contributed by atoms with Gasteiger partial charge in [0, 0.05) is 6.54 Å². The van der Waals surface area contributed by atoms with E-state index in [-0.39, 0.29) is 11.7 Å². The Hall–Kier alpha value is -1.81. The maximum atomic E-state index is 13.4. The van der Waals surface area contributed by atoms with Crippen LogP contribution in [0.15, 0.2) is 54.6 Å². The molecule has 2 nitrogen and oxygen atoms in total. The molecule has 0 bridgehead atoms. The van der Waals surface area contributed by atoms with Crippen molar-refractivity contribution >= 4 is 18.5 Å². The van der Waals surface area contributed by atoms with Gasteiger partial charge in [-0.1, -0.05) is 48.5 Å². The molecule has 0 spiro atoms. The molecule has 0 aromatic heterocycles. The number of nitrogens with one attached hydrogen (secondary N) is 1. The lowest BCUT2D eigenvalue weighted by atomic mass is 10.1. The zero-order valence-electron chi connectivity index (χ0n) is 11.6. The molecular formula is C17H18FNOS. The number of halogens is 1. The third-order valence-electron chi connectivity index (χ3n) is 3.23. The van der Waals surface area contributed by atoms with Crippen molar-refractivity contribution in [2.45, 2.75) is 18.1 Å². The molecule has 0 radical (unpaired) electrons. The van der Waals surface area contributed by atoms with E-state index in [0.717, 1.165) is 5.56 Å². The molecule has 0 aliphatic rings. The summed E-state index contributed by atoms with van der Waals surface area (Å²) in [6.45, 7) is 0.408. The van der Waals surface area contributed by atoms with Crippen LogP contribution >= 0.6 is 12.6 Å². The van der Waals surface area contributed by atoms with E-state index in [0.29, 0.717) is 24.9 Å². The highest BCUT2D eigenvalue weighted by molar-refractivity contribution is 7.81. The van der Waals surface area contributed by atoms with Crippen LogP contribution in [-0.2, 0) is 17.6 Å². The molecule has 2 rings (SSSR count). The summed E-state index contributed by atoms with van der Waals surface area (Å²) in [5.74, 6) is -0.364. The van der Waals surface area contributed by atoms with E-state index >= 15 is 0 Å². The lowest BCUT2D eigenvalue weighted by Gasteiger charge is -2.12. The van der Waals surface area contributed by atoms with Gasteiger partial charge in [-0.3, -0.25) is 4.79 Å². The van der Waals surface area contributed by atoms with Crippen molar-refractivity contribution in [3.8, 4) is 0 Å². The second-order valence-corrected chi connectivity index (χ2v) is 5.46. The van der Waals surface area contributed by atoms with Gasteiger partial charge in [0.1, 0.15) is 5.82 Å². The fourth-order valence-corrected chi connectivity index (χ4v) is 2.37. The van der Waals surface area contributed by atoms with Gasteiger partial charge in [-0.05, 0) is 30.0 Å². The Morgan fingerprint density at radius 3 is 2.48 bits per heavy atom. The predicted molar refractivity (Wildman–Crippen MR) is 86.0 cm³/mol. The minimum absolute atomic E-state index is 0.126. The third kappa shape index (κ3) is 4.90. The van der Waals surface area contributed by atoms with Gasteiger partial charge in [-0.2, -0.15) is 12.6 Å². The summed E-state index contributed by atoms with van der Waals surface area (Å²) >= 11 is 4.33. The summed E-state index contributed by atoms with van der Waals surface area (Å²) in [5.41, 5.74) is 1.68. The summed E-state index contributed by atoms with van der Waals surface area (Å²) in [5, 5.41) is 2.40. The largest absolute Gasteiger partial charge is 0.355 e. The highest BCUT2D eigenvalue weighted by Gasteiger charge is 2.14. The average molecular weight is 303 g/mol. The van der Waals surface area contributed by atoms with E-state index in [1.165, 1.54) is 6.07 Å². The number of benzene rings is 2. The number of thiol groups is 1. The van der Waals surface area contributed by atoms with Crippen LogP contribution in [0, 0.1) is 5.82 Å². The van der Waals surface area contributed by atoms with E-state index in [2.05, 4.69) is 17.9 Å². The van der Waals surface area contributed by atoms with E-state index in [9.17, 15) is 9.18 Å². The van der Waals surface area contributed by atoms with Crippen LogP contribution in [0.5, 0.6) is 0 Å². The fraction of sp³-hybridized carbons (Fsp3) is 0.235. The van der Waals surface area contributed by atoms with Crippen molar-refractivity contribution in [3.05, 3.63) is 71.5 Å². The molecule has 1 atom stereocenters. The van der Waals surface area contributed by atoms with E-state index in [1.54, 1.807) is 18.2 Å². The first-order valence-corrected chi connectivity index (χ1v) is 7.41. The smallest absolute Gasteiger partial charge is 0.233 e. The molecule has 110 valence electrons. The normalized spacial score (nSPS) is 11.9. The third-order valence-corrected chi connectivity index (χ3v) is 3.64. The van der Waals surface area contributed by atoms with Crippen molar-refractivity contribution < 1.29 is 9.18 Å². The van der Waals surface area contributed by atoms with Gasteiger partial charge in [0.15, 0.2) is 0 Å². The fourth-order valence-electron chi connectivity index (χ4n) is 2.07. The summed E-state index contributed by atoms with van der Waals surface area (Å²) in [4.78, 5) is 11.9. The van der Waals surface area contributed by atoms with Crippen LogP contribution in [0.4, 0.5) is 4.39 Å². The van der Waals surface area contributed by atoms with E-state index in [4.69, 9.17) is 0 Å². The molecule has 1 amide bonds. The van der Waals surface area contributed by atoms with E-state index in [1.807, 2.05) is 30.3 Å². The number of rotatable bonds is 6. The Labute approximate surface area is 129 Å². The number of carbonyl (C=O) groups is 1. The molecule has 0 fully saturated rings. The Kier molecular flexibility index (Phi) is 5.81. The molecule has 0 saturated heterocycles. The molecule has 2 aromatic rings. The van der Waals surface area contributed by atoms with Crippen LogP contribution in [0.2, 0.25) is 0 Å². The van der Waals surface area contributed by atoms with Crippen LogP contribution in [-0.4, -0.2) is 17.7 Å². The number of amides is 1. The minimum atomic E-state index is -0.395. The summed E-state index contributed by atoms with van der Waals surface area (Å²) in [7, 11) is 0. The van der Waals surface area contributed by atoms with Gasteiger partial charge >= 0.3 is 0 Å². The summed E-state index contributed by atoms with van der Waals surface area (Å²) < 4.78 is 13.4. The van der Waals surface area contributed by atoms with Gasteiger partial charge in [0.2, 0.25) is 5.91 Å². The van der Waals surface area contributed by atoms with Gasteiger partial charge in [0.25, 0.3) is 0 Å². The standard InChI is InChI=1S/C17H18FNOS/c18-15-9-5-4-8-14(15)10-11-19-17(20)16(21)12-13-6-2-1-3-7-13/h1-9,16,21H,10-12H2,(H,19,20).